The van der Waals surface area contributed by atoms with E-state index in [1.807, 2.05) is 4.90 Å². The van der Waals surface area contributed by atoms with E-state index < -0.39 is 0 Å². The first-order valence-corrected chi connectivity index (χ1v) is 6.23. The van der Waals surface area contributed by atoms with E-state index in [0.717, 1.165) is 25.9 Å². The molecule has 1 aliphatic heterocycles. The van der Waals surface area contributed by atoms with Crippen LogP contribution in [-0.2, 0) is 0 Å². The number of rotatable bonds is 3. The summed E-state index contributed by atoms with van der Waals surface area (Å²) < 4.78 is 0. The SMILES string of the molecule is CCC1(CC)CCN(C(=O)c2nn[nH]n2)CC1. The van der Waals surface area contributed by atoms with Crippen LogP contribution in [0.15, 0.2) is 0 Å². The Morgan fingerprint density at radius 2 is 2.00 bits per heavy atom. The predicted octanol–water partition coefficient (Wildman–Crippen LogP) is 1.24. The summed E-state index contributed by atoms with van der Waals surface area (Å²) in [5.41, 5.74) is 0.425. The van der Waals surface area contributed by atoms with Crippen LogP contribution in [0.3, 0.4) is 0 Å². The quantitative estimate of drug-likeness (QED) is 0.858. The zero-order chi connectivity index (χ0) is 12.3. The lowest BCUT2D eigenvalue weighted by atomic mass is 9.74. The molecule has 0 radical (unpaired) electrons. The number of nitrogens with zero attached hydrogens (tertiary/aromatic N) is 4. The molecule has 1 N–H and O–H groups in total. The number of likely N-dealkylation sites (tertiary alicyclic amines) is 1. The first kappa shape index (κ1) is 12.0. The molecule has 0 aliphatic carbocycles. The second-order valence-electron chi connectivity index (χ2n) is 4.73. The van der Waals surface area contributed by atoms with Gasteiger partial charge in [0.15, 0.2) is 0 Å². The van der Waals surface area contributed by atoms with Crippen LogP contribution in [0, 0.1) is 5.41 Å². The van der Waals surface area contributed by atoms with Crippen molar-refractivity contribution < 1.29 is 4.79 Å². The Labute approximate surface area is 101 Å². The third-order valence-corrected chi connectivity index (χ3v) is 4.15. The maximum Gasteiger partial charge on any atom is 0.295 e. The van der Waals surface area contributed by atoms with Gasteiger partial charge in [0.25, 0.3) is 11.7 Å². The van der Waals surface area contributed by atoms with Gasteiger partial charge in [-0.05, 0) is 23.5 Å². The number of carbonyl (C=O) groups excluding carboxylic acids is 1. The smallest absolute Gasteiger partial charge is 0.295 e. The number of amides is 1. The van der Waals surface area contributed by atoms with Crippen molar-refractivity contribution in [2.24, 2.45) is 5.41 Å². The monoisotopic (exact) mass is 237 g/mol. The molecule has 1 aliphatic rings. The normalized spacial score (nSPS) is 19.3. The van der Waals surface area contributed by atoms with Gasteiger partial charge in [-0.15, -0.1) is 10.2 Å². The van der Waals surface area contributed by atoms with Crippen LogP contribution in [0.4, 0.5) is 0 Å². The zero-order valence-corrected chi connectivity index (χ0v) is 10.4. The molecule has 94 valence electrons. The number of piperidine rings is 1. The molecule has 0 saturated carbocycles. The Bertz CT molecular complexity index is 361. The second kappa shape index (κ2) is 4.81. The molecule has 1 aromatic rings. The molecular formula is C11H19N5O. The van der Waals surface area contributed by atoms with Crippen LogP contribution >= 0.6 is 0 Å². The molecule has 1 fully saturated rings. The number of hydrogen-bond acceptors (Lipinski definition) is 4. The molecule has 0 bridgehead atoms. The minimum absolute atomic E-state index is 0.112. The highest BCUT2D eigenvalue weighted by atomic mass is 16.2. The summed E-state index contributed by atoms with van der Waals surface area (Å²) in [6, 6.07) is 0. The highest BCUT2D eigenvalue weighted by Crippen LogP contribution is 2.37. The molecule has 1 amide bonds. The topological polar surface area (TPSA) is 74.8 Å². The van der Waals surface area contributed by atoms with E-state index in [0.29, 0.717) is 5.41 Å². The predicted molar refractivity (Wildman–Crippen MR) is 62.3 cm³/mol. The third-order valence-electron chi connectivity index (χ3n) is 4.15. The molecule has 2 heterocycles. The molecule has 2 rings (SSSR count). The highest BCUT2D eigenvalue weighted by molar-refractivity contribution is 5.90. The summed E-state index contributed by atoms with van der Waals surface area (Å²) in [6.07, 6.45) is 4.52. The Morgan fingerprint density at radius 3 is 2.47 bits per heavy atom. The summed E-state index contributed by atoms with van der Waals surface area (Å²) >= 11 is 0. The molecule has 6 heteroatoms. The Kier molecular flexibility index (Phi) is 3.40. The summed E-state index contributed by atoms with van der Waals surface area (Å²) in [7, 11) is 0. The fourth-order valence-electron chi connectivity index (χ4n) is 2.54. The number of hydrogen-bond donors (Lipinski definition) is 1. The highest BCUT2D eigenvalue weighted by Gasteiger charge is 2.33. The lowest BCUT2D eigenvalue weighted by Gasteiger charge is -2.40. The van der Waals surface area contributed by atoms with Crippen LogP contribution in [0.2, 0.25) is 0 Å². The van der Waals surface area contributed by atoms with Crippen LogP contribution < -0.4 is 0 Å². The van der Waals surface area contributed by atoms with Gasteiger partial charge in [-0.1, -0.05) is 26.7 Å². The fraction of sp³-hybridized carbons (Fsp3) is 0.818. The van der Waals surface area contributed by atoms with Crippen LogP contribution in [0.1, 0.15) is 50.1 Å². The van der Waals surface area contributed by atoms with Gasteiger partial charge in [-0.25, -0.2) is 0 Å². The summed E-state index contributed by atoms with van der Waals surface area (Å²) in [4.78, 5) is 13.8. The van der Waals surface area contributed by atoms with Crippen molar-refractivity contribution in [2.75, 3.05) is 13.1 Å². The van der Waals surface area contributed by atoms with E-state index in [-0.39, 0.29) is 11.7 Å². The van der Waals surface area contributed by atoms with Gasteiger partial charge >= 0.3 is 0 Å². The van der Waals surface area contributed by atoms with Crippen molar-refractivity contribution in [3.8, 4) is 0 Å². The van der Waals surface area contributed by atoms with E-state index in [2.05, 4.69) is 34.5 Å². The van der Waals surface area contributed by atoms with Crippen LogP contribution in [-0.4, -0.2) is 44.5 Å². The summed E-state index contributed by atoms with van der Waals surface area (Å²) in [5.74, 6) is 0.0602. The van der Waals surface area contributed by atoms with Crippen molar-refractivity contribution >= 4 is 5.91 Å². The minimum atomic E-state index is -0.112. The Morgan fingerprint density at radius 1 is 1.35 bits per heavy atom. The maximum atomic E-state index is 12.0. The van der Waals surface area contributed by atoms with E-state index in [1.54, 1.807) is 0 Å². The molecular weight excluding hydrogens is 218 g/mol. The first-order chi connectivity index (χ1) is 8.21. The van der Waals surface area contributed by atoms with Crippen molar-refractivity contribution in [2.45, 2.75) is 39.5 Å². The number of tetrazole rings is 1. The van der Waals surface area contributed by atoms with Crippen molar-refractivity contribution in [3.05, 3.63) is 5.82 Å². The lowest BCUT2D eigenvalue weighted by Crippen LogP contribution is -2.43. The van der Waals surface area contributed by atoms with Crippen molar-refractivity contribution in [3.63, 3.8) is 0 Å². The van der Waals surface area contributed by atoms with Crippen molar-refractivity contribution in [1.29, 1.82) is 0 Å². The van der Waals surface area contributed by atoms with E-state index in [9.17, 15) is 4.79 Å². The molecule has 1 aromatic heterocycles. The molecule has 0 spiro atoms. The average molecular weight is 237 g/mol. The van der Waals surface area contributed by atoms with Gasteiger partial charge in [0, 0.05) is 13.1 Å². The van der Waals surface area contributed by atoms with Gasteiger partial charge < -0.3 is 4.90 Å². The summed E-state index contributed by atoms with van der Waals surface area (Å²) in [6.45, 7) is 6.07. The number of aromatic amines is 1. The lowest BCUT2D eigenvalue weighted by molar-refractivity contribution is 0.0546. The van der Waals surface area contributed by atoms with Gasteiger partial charge in [-0.3, -0.25) is 4.79 Å². The Balaban J connectivity index is 1.97. The van der Waals surface area contributed by atoms with E-state index >= 15 is 0 Å². The first-order valence-electron chi connectivity index (χ1n) is 6.23. The van der Waals surface area contributed by atoms with Crippen molar-refractivity contribution in [1.82, 2.24) is 25.5 Å². The largest absolute Gasteiger partial charge is 0.336 e. The fourth-order valence-corrected chi connectivity index (χ4v) is 2.54. The molecule has 0 unspecified atom stereocenters. The van der Waals surface area contributed by atoms with E-state index in [4.69, 9.17) is 0 Å². The third kappa shape index (κ3) is 2.30. The zero-order valence-electron chi connectivity index (χ0n) is 10.4. The summed E-state index contributed by atoms with van der Waals surface area (Å²) in [5, 5.41) is 13.2. The number of nitrogens with one attached hydrogen (secondary N) is 1. The van der Waals surface area contributed by atoms with E-state index in [1.165, 1.54) is 12.8 Å². The number of H-pyrrole nitrogens is 1. The second-order valence-corrected chi connectivity index (χ2v) is 4.73. The molecule has 0 atom stereocenters. The molecule has 6 nitrogen and oxygen atoms in total. The molecule has 1 saturated heterocycles. The maximum absolute atomic E-state index is 12.0. The number of carbonyl (C=O) groups is 1. The number of aromatic nitrogens is 4. The standard InChI is InChI=1S/C11H19N5O/c1-3-11(4-2)5-7-16(8-6-11)10(17)9-12-14-15-13-9/h3-8H2,1-2H3,(H,12,13,14,15). The van der Waals surface area contributed by atoms with Crippen LogP contribution in [0.25, 0.3) is 0 Å². The minimum Gasteiger partial charge on any atom is -0.336 e. The molecule has 0 aromatic carbocycles. The van der Waals surface area contributed by atoms with Gasteiger partial charge in [0.2, 0.25) is 0 Å². The van der Waals surface area contributed by atoms with Gasteiger partial charge in [-0.2, -0.15) is 5.21 Å². The van der Waals surface area contributed by atoms with Gasteiger partial charge in [0.1, 0.15) is 0 Å². The average Bonchev–Trinajstić information content (AvgIpc) is 2.92. The van der Waals surface area contributed by atoms with Gasteiger partial charge in [0.05, 0.1) is 0 Å². The Hall–Kier alpha value is -1.46. The molecule has 17 heavy (non-hydrogen) atoms. The van der Waals surface area contributed by atoms with Crippen LogP contribution in [0.5, 0.6) is 0 Å².